The van der Waals surface area contributed by atoms with E-state index >= 15 is 0 Å². The van der Waals surface area contributed by atoms with Gasteiger partial charge < -0.3 is 15.0 Å². The molecule has 0 saturated carbocycles. The minimum atomic E-state index is -0.178. The summed E-state index contributed by atoms with van der Waals surface area (Å²) in [6.07, 6.45) is 0. The molecule has 0 bridgehead atoms. The van der Waals surface area contributed by atoms with Gasteiger partial charge >= 0.3 is 0 Å². The first-order valence-electron chi connectivity index (χ1n) is 9.25. The number of hydrogen-bond donors (Lipinski definition) is 1. The number of nitrogens with one attached hydrogen (secondary N) is 1. The number of ether oxygens (including phenoxy) is 1. The van der Waals surface area contributed by atoms with Crippen molar-refractivity contribution in [2.75, 3.05) is 43.0 Å². The topological polar surface area (TPSA) is 44.8 Å². The van der Waals surface area contributed by atoms with Crippen LogP contribution in [0.5, 0.6) is 5.75 Å². The Morgan fingerprint density at radius 3 is 2.38 bits per heavy atom. The smallest absolute Gasteiger partial charge is 0.241 e. The van der Waals surface area contributed by atoms with Crippen LogP contribution in [0.1, 0.15) is 13.8 Å². The monoisotopic (exact) mass is 353 g/mol. The Hall–Kier alpha value is -2.53. The van der Waals surface area contributed by atoms with E-state index in [0.717, 1.165) is 31.9 Å². The maximum Gasteiger partial charge on any atom is 0.241 e. The molecule has 26 heavy (non-hydrogen) atoms. The van der Waals surface area contributed by atoms with Crippen LogP contribution in [-0.2, 0) is 4.79 Å². The number of rotatable bonds is 6. The quantitative estimate of drug-likeness (QED) is 0.866. The summed E-state index contributed by atoms with van der Waals surface area (Å²) < 4.78 is 5.59. The molecule has 1 saturated heterocycles. The molecule has 138 valence electrons. The highest BCUT2D eigenvalue weighted by Gasteiger charge is 2.26. The zero-order valence-electron chi connectivity index (χ0n) is 15.5. The van der Waals surface area contributed by atoms with Crippen LogP contribution in [0.4, 0.5) is 11.4 Å². The Balaban J connectivity index is 1.57. The number of anilines is 2. The van der Waals surface area contributed by atoms with E-state index in [1.165, 1.54) is 5.69 Å². The molecule has 0 aliphatic carbocycles. The van der Waals surface area contributed by atoms with Crippen molar-refractivity contribution in [2.45, 2.75) is 19.9 Å². The molecule has 1 aliphatic heterocycles. The van der Waals surface area contributed by atoms with E-state index in [4.69, 9.17) is 4.74 Å². The van der Waals surface area contributed by atoms with Gasteiger partial charge in [0.25, 0.3) is 0 Å². The molecule has 5 heteroatoms. The second-order valence-corrected chi connectivity index (χ2v) is 6.45. The third-order valence-electron chi connectivity index (χ3n) is 4.81. The van der Waals surface area contributed by atoms with Crippen LogP contribution >= 0.6 is 0 Å². The zero-order valence-corrected chi connectivity index (χ0v) is 15.5. The summed E-state index contributed by atoms with van der Waals surface area (Å²) >= 11 is 0. The van der Waals surface area contributed by atoms with Crippen molar-refractivity contribution < 1.29 is 9.53 Å². The number of hydrogen-bond acceptors (Lipinski definition) is 4. The molecule has 1 atom stereocenters. The van der Waals surface area contributed by atoms with Gasteiger partial charge in [-0.2, -0.15) is 0 Å². The first kappa shape index (κ1) is 18.3. The van der Waals surface area contributed by atoms with Crippen molar-refractivity contribution >= 4 is 17.3 Å². The van der Waals surface area contributed by atoms with Gasteiger partial charge in [0.2, 0.25) is 5.91 Å². The summed E-state index contributed by atoms with van der Waals surface area (Å²) in [5.74, 6) is 0.717. The van der Waals surface area contributed by atoms with Crippen molar-refractivity contribution in [3.8, 4) is 5.75 Å². The predicted octanol–water partition coefficient (Wildman–Crippen LogP) is 3.23. The lowest BCUT2D eigenvalue weighted by molar-refractivity contribution is -0.120. The van der Waals surface area contributed by atoms with Crippen LogP contribution in [0.3, 0.4) is 0 Å². The number of nitrogens with zero attached hydrogens (tertiary/aromatic N) is 2. The van der Waals surface area contributed by atoms with Crippen LogP contribution in [0.15, 0.2) is 54.6 Å². The van der Waals surface area contributed by atoms with Gasteiger partial charge in [-0.25, -0.2) is 0 Å². The molecule has 2 aromatic rings. The number of carbonyl (C=O) groups excluding carboxylic acids is 1. The number of para-hydroxylation sites is 3. The standard InChI is InChI=1S/C21H27N3O2/c1-3-26-20-12-8-7-11-19(20)22-21(25)17(2)23-13-15-24(16-14-23)18-9-5-4-6-10-18/h4-12,17H,3,13-16H2,1-2H3,(H,22,25). The van der Waals surface area contributed by atoms with Gasteiger partial charge in [0.1, 0.15) is 5.75 Å². The summed E-state index contributed by atoms with van der Waals surface area (Å²) in [5, 5.41) is 3.02. The Morgan fingerprint density at radius 1 is 1.04 bits per heavy atom. The summed E-state index contributed by atoms with van der Waals surface area (Å²) in [6.45, 7) is 8.08. The summed E-state index contributed by atoms with van der Waals surface area (Å²) in [7, 11) is 0. The maximum absolute atomic E-state index is 12.7. The van der Waals surface area contributed by atoms with E-state index in [-0.39, 0.29) is 11.9 Å². The van der Waals surface area contributed by atoms with Crippen LogP contribution in [0.25, 0.3) is 0 Å². The van der Waals surface area contributed by atoms with Crippen molar-refractivity contribution in [1.29, 1.82) is 0 Å². The van der Waals surface area contributed by atoms with Crippen molar-refractivity contribution in [3.63, 3.8) is 0 Å². The third kappa shape index (κ3) is 4.35. The molecule has 0 spiro atoms. The Morgan fingerprint density at radius 2 is 1.69 bits per heavy atom. The molecule has 3 rings (SSSR count). The SMILES string of the molecule is CCOc1ccccc1NC(=O)C(C)N1CCN(c2ccccc2)CC1. The van der Waals surface area contributed by atoms with Crippen molar-refractivity contribution in [2.24, 2.45) is 0 Å². The van der Waals surface area contributed by atoms with E-state index in [0.29, 0.717) is 12.4 Å². The van der Waals surface area contributed by atoms with Gasteiger partial charge in [0.15, 0.2) is 0 Å². The molecular weight excluding hydrogens is 326 g/mol. The minimum absolute atomic E-state index is 0.00492. The highest BCUT2D eigenvalue weighted by Crippen LogP contribution is 2.24. The van der Waals surface area contributed by atoms with E-state index in [1.807, 2.05) is 44.2 Å². The number of piperazine rings is 1. The molecule has 1 unspecified atom stereocenters. The minimum Gasteiger partial charge on any atom is -0.492 e. The molecule has 1 N–H and O–H groups in total. The van der Waals surface area contributed by atoms with Crippen LogP contribution in [-0.4, -0.2) is 49.6 Å². The highest BCUT2D eigenvalue weighted by molar-refractivity contribution is 5.95. The molecule has 1 aliphatic rings. The molecule has 2 aromatic carbocycles. The Bertz CT molecular complexity index is 712. The van der Waals surface area contributed by atoms with Crippen LogP contribution < -0.4 is 15.0 Å². The lowest BCUT2D eigenvalue weighted by Gasteiger charge is -2.38. The molecule has 1 amide bonds. The lowest BCUT2D eigenvalue weighted by Crippen LogP contribution is -2.52. The molecule has 1 heterocycles. The zero-order chi connectivity index (χ0) is 18.4. The van der Waals surface area contributed by atoms with Gasteiger partial charge in [0.05, 0.1) is 18.3 Å². The van der Waals surface area contributed by atoms with E-state index < -0.39 is 0 Å². The van der Waals surface area contributed by atoms with Gasteiger partial charge in [-0.05, 0) is 38.1 Å². The third-order valence-corrected chi connectivity index (χ3v) is 4.81. The van der Waals surface area contributed by atoms with E-state index in [9.17, 15) is 4.79 Å². The average Bonchev–Trinajstić information content (AvgIpc) is 2.70. The van der Waals surface area contributed by atoms with Gasteiger partial charge in [-0.1, -0.05) is 30.3 Å². The van der Waals surface area contributed by atoms with Crippen LogP contribution in [0.2, 0.25) is 0 Å². The molecule has 1 fully saturated rings. The van der Waals surface area contributed by atoms with Gasteiger partial charge in [0, 0.05) is 31.9 Å². The molecule has 5 nitrogen and oxygen atoms in total. The van der Waals surface area contributed by atoms with Crippen LogP contribution in [0, 0.1) is 0 Å². The molecule has 0 aromatic heterocycles. The second kappa shape index (κ2) is 8.72. The Kier molecular flexibility index (Phi) is 6.12. The number of carbonyl (C=O) groups is 1. The molecular formula is C21H27N3O2. The normalized spacial score (nSPS) is 16.2. The van der Waals surface area contributed by atoms with Crippen molar-refractivity contribution in [1.82, 2.24) is 4.90 Å². The van der Waals surface area contributed by atoms with Gasteiger partial charge in [-0.3, -0.25) is 9.69 Å². The van der Waals surface area contributed by atoms with E-state index in [2.05, 4.69) is 39.4 Å². The summed E-state index contributed by atoms with van der Waals surface area (Å²) in [5.41, 5.74) is 1.98. The summed E-state index contributed by atoms with van der Waals surface area (Å²) in [4.78, 5) is 17.3. The predicted molar refractivity (Wildman–Crippen MR) is 106 cm³/mol. The fourth-order valence-electron chi connectivity index (χ4n) is 3.26. The van der Waals surface area contributed by atoms with Gasteiger partial charge in [-0.15, -0.1) is 0 Å². The maximum atomic E-state index is 12.7. The molecule has 0 radical (unpaired) electrons. The fourth-order valence-corrected chi connectivity index (χ4v) is 3.26. The largest absolute Gasteiger partial charge is 0.492 e. The van der Waals surface area contributed by atoms with E-state index in [1.54, 1.807) is 0 Å². The Labute approximate surface area is 155 Å². The van der Waals surface area contributed by atoms with Crippen molar-refractivity contribution in [3.05, 3.63) is 54.6 Å². The first-order valence-corrected chi connectivity index (χ1v) is 9.25. The summed E-state index contributed by atoms with van der Waals surface area (Å²) in [6, 6.07) is 17.8. The number of amides is 1. The lowest BCUT2D eigenvalue weighted by atomic mass is 10.2. The number of benzene rings is 2. The average molecular weight is 353 g/mol. The highest BCUT2D eigenvalue weighted by atomic mass is 16.5. The second-order valence-electron chi connectivity index (χ2n) is 6.45. The first-order chi connectivity index (χ1) is 12.7. The fraction of sp³-hybridized carbons (Fsp3) is 0.381.